The second-order valence-corrected chi connectivity index (χ2v) is 4.63. The summed E-state index contributed by atoms with van der Waals surface area (Å²) < 4.78 is 15.1. The van der Waals surface area contributed by atoms with E-state index < -0.39 is 0 Å². The number of carbonyl (C=O) groups excluding carboxylic acids is 1. The molecule has 0 aromatic heterocycles. The second-order valence-electron chi connectivity index (χ2n) is 4.63. The molecular formula is C16H34O5. The first kappa shape index (κ1) is 22.6. The summed E-state index contributed by atoms with van der Waals surface area (Å²) in [5.41, 5.74) is 0. The van der Waals surface area contributed by atoms with E-state index >= 15 is 0 Å². The standard InChI is InChI=1S/C12H24O5.C4H10/c1-2-3-4-5-12(14)17-11-10-16-9-8-15-7-6-13;1-3-4-2/h13H,2-11H2,1H3;3-4H2,1-2H3. The lowest BCUT2D eigenvalue weighted by Crippen LogP contribution is -2.13. The van der Waals surface area contributed by atoms with Crippen LogP contribution in [0.15, 0.2) is 0 Å². The van der Waals surface area contributed by atoms with E-state index in [-0.39, 0.29) is 12.6 Å². The van der Waals surface area contributed by atoms with Crippen LogP contribution in [0.5, 0.6) is 0 Å². The fourth-order valence-corrected chi connectivity index (χ4v) is 1.19. The molecular weight excluding hydrogens is 272 g/mol. The Morgan fingerprint density at radius 2 is 1.38 bits per heavy atom. The zero-order valence-electron chi connectivity index (χ0n) is 14.1. The molecule has 0 aromatic rings. The van der Waals surface area contributed by atoms with Gasteiger partial charge in [-0.05, 0) is 6.42 Å². The predicted molar refractivity (Wildman–Crippen MR) is 84.4 cm³/mol. The maximum Gasteiger partial charge on any atom is 0.305 e. The Morgan fingerprint density at radius 3 is 1.90 bits per heavy atom. The summed E-state index contributed by atoms with van der Waals surface area (Å²) >= 11 is 0. The van der Waals surface area contributed by atoms with Crippen molar-refractivity contribution in [3.63, 3.8) is 0 Å². The lowest BCUT2D eigenvalue weighted by Gasteiger charge is -2.06. The molecule has 128 valence electrons. The summed E-state index contributed by atoms with van der Waals surface area (Å²) in [5, 5.41) is 8.43. The summed E-state index contributed by atoms with van der Waals surface area (Å²) in [4.78, 5) is 11.2. The third-order valence-corrected chi connectivity index (χ3v) is 2.58. The topological polar surface area (TPSA) is 65.0 Å². The molecule has 1 N–H and O–H groups in total. The van der Waals surface area contributed by atoms with Gasteiger partial charge in [-0.15, -0.1) is 0 Å². The number of hydrogen-bond donors (Lipinski definition) is 1. The summed E-state index contributed by atoms with van der Waals surface area (Å²) in [6, 6.07) is 0. The van der Waals surface area contributed by atoms with Gasteiger partial charge in [-0.1, -0.05) is 46.5 Å². The van der Waals surface area contributed by atoms with Crippen LogP contribution in [0, 0.1) is 0 Å². The van der Waals surface area contributed by atoms with Crippen molar-refractivity contribution < 1.29 is 24.1 Å². The van der Waals surface area contributed by atoms with Crippen LogP contribution in [0.25, 0.3) is 0 Å². The summed E-state index contributed by atoms with van der Waals surface area (Å²) in [6.07, 6.45) is 6.19. The van der Waals surface area contributed by atoms with Crippen LogP contribution in [-0.2, 0) is 19.0 Å². The number of rotatable bonds is 13. The minimum atomic E-state index is -0.154. The van der Waals surface area contributed by atoms with E-state index in [1.807, 2.05) is 0 Å². The van der Waals surface area contributed by atoms with Crippen molar-refractivity contribution in [2.75, 3.05) is 39.6 Å². The van der Waals surface area contributed by atoms with E-state index in [1.54, 1.807) is 0 Å². The minimum absolute atomic E-state index is 0.0232. The van der Waals surface area contributed by atoms with Crippen molar-refractivity contribution in [1.82, 2.24) is 0 Å². The molecule has 0 rings (SSSR count). The fourth-order valence-electron chi connectivity index (χ4n) is 1.19. The average Bonchev–Trinajstić information content (AvgIpc) is 2.50. The molecule has 0 amide bonds. The molecule has 5 heteroatoms. The zero-order valence-corrected chi connectivity index (χ0v) is 14.1. The molecule has 0 aliphatic heterocycles. The summed E-state index contributed by atoms with van der Waals surface area (Å²) in [5.74, 6) is -0.154. The van der Waals surface area contributed by atoms with Gasteiger partial charge >= 0.3 is 5.97 Å². The van der Waals surface area contributed by atoms with Crippen LogP contribution in [-0.4, -0.2) is 50.7 Å². The Morgan fingerprint density at radius 1 is 0.810 bits per heavy atom. The molecule has 0 saturated heterocycles. The van der Waals surface area contributed by atoms with Gasteiger partial charge in [0.2, 0.25) is 0 Å². The van der Waals surface area contributed by atoms with Gasteiger partial charge in [0, 0.05) is 6.42 Å². The number of aliphatic hydroxyl groups is 1. The molecule has 0 bridgehead atoms. The molecule has 5 nitrogen and oxygen atoms in total. The molecule has 0 spiro atoms. The number of esters is 1. The highest BCUT2D eigenvalue weighted by atomic mass is 16.6. The highest BCUT2D eigenvalue weighted by Gasteiger charge is 2.01. The van der Waals surface area contributed by atoms with Crippen LogP contribution in [0.3, 0.4) is 0 Å². The SMILES string of the molecule is CCCC.CCCCCC(=O)OCCOCCOCCO. The number of ether oxygens (including phenoxy) is 3. The summed E-state index contributed by atoms with van der Waals surface area (Å²) in [6.45, 7) is 8.40. The monoisotopic (exact) mass is 306 g/mol. The van der Waals surface area contributed by atoms with Crippen molar-refractivity contribution in [3.8, 4) is 0 Å². The first-order valence-corrected chi connectivity index (χ1v) is 8.14. The molecule has 0 radical (unpaired) electrons. The number of carbonyl (C=O) groups is 1. The van der Waals surface area contributed by atoms with Gasteiger partial charge in [0.25, 0.3) is 0 Å². The second kappa shape index (κ2) is 21.6. The van der Waals surface area contributed by atoms with E-state index in [4.69, 9.17) is 19.3 Å². The third-order valence-electron chi connectivity index (χ3n) is 2.58. The van der Waals surface area contributed by atoms with Gasteiger partial charge in [-0.3, -0.25) is 4.79 Å². The fraction of sp³-hybridized carbons (Fsp3) is 0.938. The molecule has 0 unspecified atom stereocenters. The maximum absolute atomic E-state index is 11.2. The van der Waals surface area contributed by atoms with E-state index in [9.17, 15) is 4.79 Å². The normalized spacial score (nSPS) is 9.90. The van der Waals surface area contributed by atoms with Crippen molar-refractivity contribution >= 4 is 5.97 Å². The maximum atomic E-state index is 11.2. The quantitative estimate of drug-likeness (QED) is 0.418. The molecule has 0 atom stereocenters. The van der Waals surface area contributed by atoms with Gasteiger partial charge in [0.15, 0.2) is 0 Å². The van der Waals surface area contributed by atoms with E-state index in [0.717, 1.165) is 19.3 Å². The molecule has 0 aliphatic rings. The van der Waals surface area contributed by atoms with Gasteiger partial charge in [-0.25, -0.2) is 0 Å². The van der Waals surface area contributed by atoms with Crippen LogP contribution in [0.1, 0.15) is 59.3 Å². The Kier molecular flexibility index (Phi) is 23.3. The lowest BCUT2D eigenvalue weighted by atomic mass is 10.2. The molecule has 0 heterocycles. The highest BCUT2D eigenvalue weighted by molar-refractivity contribution is 5.69. The van der Waals surface area contributed by atoms with Gasteiger partial charge < -0.3 is 19.3 Å². The number of hydrogen-bond acceptors (Lipinski definition) is 5. The van der Waals surface area contributed by atoms with Crippen molar-refractivity contribution in [3.05, 3.63) is 0 Å². The lowest BCUT2D eigenvalue weighted by molar-refractivity contribution is -0.145. The van der Waals surface area contributed by atoms with E-state index in [0.29, 0.717) is 39.5 Å². The molecule has 0 aliphatic carbocycles. The largest absolute Gasteiger partial charge is 0.463 e. The Balaban J connectivity index is 0. The molecule has 0 fully saturated rings. The van der Waals surface area contributed by atoms with Crippen LogP contribution in [0.2, 0.25) is 0 Å². The number of aliphatic hydroxyl groups excluding tert-OH is 1. The van der Waals surface area contributed by atoms with Crippen LogP contribution < -0.4 is 0 Å². The Hall–Kier alpha value is -0.650. The Labute approximate surface area is 130 Å². The third kappa shape index (κ3) is 24.7. The van der Waals surface area contributed by atoms with Crippen molar-refractivity contribution in [1.29, 1.82) is 0 Å². The van der Waals surface area contributed by atoms with E-state index in [2.05, 4.69) is 20.8 Å². The zero-order chi connectivity index (χ0) is 16.2. The highest BCUT2D eigenvalue weighted by Crippen LogP contribution is 2.00. The average molecular weight is 306 g/mol. The number of unbranched alkanes of at least 4 members (excludes halogenated alkanes) is 3. The predicted octanol–water partition coefficient (Wildman–Crippen LogP) is 2.94. The molecule has 0 aromatic carbocycles. The Bertz CT molecular complexity index is 195. The van der Waals surface area contributed by atoms with E-state index in [1.165, 1.54) is 12.8 Å². The van der Waals surface area contributed by atoms with Gasteiger partial charge in [0.05, 0.1) is 33.0 Å². The van der Waals surface area contributed by atoms with Gasteiger partial charge in [-0.2, -0.15) is 0 Å². The first-order chi connectivity index (χ1) is 10.2. The minimum Gasteiger partial charge on any atom is -0.463 e. The smallest absolute Gasteiger partial charge is 0.305 e. The van der Waals surface area contributed by atoms with Crippen molar-refractivity contribution in [2.45, 2.75) is 59.3 Å². The molecule has 21 heavy (non-hydrogen) atoms. The van der Waals surface area contributed by atoms with Gasteiger partial charge in [0.1, 0.15) is 6.61 Å². The van der Waals surface area contributed by atoms with Crippen LogP contribution >= 0.6 is 0 Å². The van der Waals surface area contributed by atoms with Crippen molar-refractivity contribution in [2.24, 2.45) is 0 Å². The molecule has 0 saturated carbocycles. The first-order valence-electron chi connectivity index (χ1n) is 8.14. The van der Waals surface area contributed by atoms with Crippen LogP contribution in [0.4, 0.5) is 0 Å². The summed E-state index contributed by atoms with van der Waals surface area (Å²) in [7, 11) is 0.